The van der Waals surface area contributed by atoms with E-state index in [-0.39, 0.29) is 10.0 Å². The van der Waals surface area contributed by atoms with Gasteiger partial charge < -0.3 is 4.74 Å². The van der Waals surface area contributed by atoms with Crippen LogP contribution >= 0.6 is 11.6 Å². The highest BCUT2D eigenvalue weighted by atomic mass is 35.5. The zero-order chi connectivity index (χ0) is 26.4. The van der Waals surface area contributed by atoms with E-state index in [1.54, 1.807) is 42.5 Å². The van der Waals surface area contributed by atoms with Gasteiger partial charge in [-0.15, -0.1) is 0 Å². The van der Waals surface area contributed by atoms with E-state index in [0.29, 0.717) is 23.6 Å². The van der Waals surface area contributed by atoms with Crippen molar-refractivity contribution in [3.8, 4) is 5.75 Å². The number of hydrogen-bond donors (Lipinski definition) is 1. The lowest BCUT2D eigenvalue weighted by Crippen LogP contribution is -2.39. The zero-order valence-corrected chi connectivity index (χ0v) is 21.8. The molecule has 1 amide bonds. The Morgan fingerprint density at radius 1 is 1.08 bits per heavy atom. The Hall–Kier alpha value is -3.95. The molecule has 0 atom stereocenters. The first-order valence-corrected chi connectivity index (χ1v) is 13.3. The Kier molecular flexibility index (Phi) is 8.05. The molecule has 3 aromatic carbocycles. The molecule has 10 heteroatoms. The lowest BCUT2D eigenvalue weighted by Gasteiger charge is -2.24. The summed E-state index contributed by atoms with van der Waals surface area (Å²) in [5.41, 5.74) is 4.94. The minimum Gasteiger partial charge on any atom is -0.494 e. The van der Waals surface area contributed by atoms with Crippen LogP contribution in [0.3, 0.4) is 0 Å². The van der Waals surface area contributed by atoms with Gasteiger partial charge in [0.2, 0.25) is 0 Å². The van der Waals surface area contributed by atoms with Gasteiger partial charge in [-0.3, -0.25) is 9.10 Å². The number of benzene rings is 3. The van der Waals surface area contributed by atoms with Crippen molar-refractivity contribution in [3.63, 3.8) is 0 Å². The van der Waals surface area contributed by atoms with E-state index < -0.39 is 22.5 Å². The highest BCUT2D eigenvalue weighted by Crippen LogP contribution is 2.25. The minimum atomic E-state index is -4.07. The Morgan fingerprint density at radius 3 is 2.49 bits per heavy atom. The highest BCUT2D eigenvalue weighted by molar-refractivity contribution is 7.92. The summed E-state index contributed by atoms with van der Waals surface area (Å²) in [6, 6.07) is 22.2. The molecule has 8 nitrogen and oxygen atoms in total. The molecule has 4 rings (SSSR count). The third-order valence-corrected chi connectivity index (χ3v) is 7.52. The number of carbonyl (C=O) groups excluding carboxylic acids is 1. The van der Waals surface area contributed by atoms with E-state index >= 15 is 0 Å². The van der Waals surface area contributed by atoms with Crippen LogP contribution in [-0.4, -0.2) is 38.7 Å². The van der Waals surface area contributed by atoms with Gasteiger partial charge in [0.15, 0.2) is 0 Å². The molecule has 1 aromatic heterocycles. The van der Waals surface area contributed by atoms with Crippen LogP contribution in [0.25, 0.3) is 10.9 Å². The SMILES string of the molecule is CCOc1ccc(S(=O)(=O)N(CC(=O)N/N=C\c2cc3ccccc3nc2Cl)c2ccc(C)cc2)cc1. The predicted molar refractivity (Wildman–Crippen MR) is 146 cm³/mol. The molecule has 0 fully saturated rings. The Bertz CT molecular complexity index is 1540. The maximum absolute atomic E-state index is 13.5. The molecule has 0 saturated carbocycles. The maximum atomic E-state index is 13.5. The number of hydrogen-bond acceptors (Lipinski definition) is 6. The Morgan fingerprint density at radius 2 is 1.78 bits per heavy atom. The molecule has 0 saturated heterocycles. The average molecular weight is 537 g/mol. The van der Waals surface area contributed by atoms with Gasteiger partial charge in [-0.25, -0.2) is 18.8 Å². The largest absolute Gasteiger partial charge is 0.494 e. The molecule has 0 unspecified atom stereocenters. The molecule has 0 radical (unpaired) electrons. The topological polar surface area (TPSA) is 101 Å². The van der Waals surface area contributed by atoms with Gasteiger partial charge in [-0.05, 0) is 62.4 Å². The second-order valence-corrected chi connectivity index (χ2v) is 10.3. The fourth-order valence-corrected chi connectivity index (χ4v) is 5.18. The van der Waals surface area contributed by atoms with Crippen LogP contribution in [0.4, 0.5) is 5.69 Å². The van der Waals surface area contributed by atoms with Crippen LogP contribution in [-0.2, 0) is 14.8 Å². The van der Waals surface area contributed by atoms with Crippen molar-refractivity contribution in [2.45, 2.75) is 18.7 Å². The summed E-state index contributed by atoms with van der Waals surface area (Å²) in [6.07, 6.45) is 1.37. The third-order valence-electron chi connectivity index (χ3n) is 5.43. The number of anilines is 1. The van der Waals surface area contributed by atoms with Crippen LogP contribution in [0.15, 0.2) is 88.9 Å². The van der Waals surface area contributed by atoms with Gasteiger partial charge in [-0.2, -0.15) is 5.10 Å². The molecule has 0 aliphatic heterocycles. The van der Waals surface area contributed by atoms with E-state index in [1.807, 2.05) is 38.1 Å². The summed E-state index contributed by atoms with van der Waals surface area (Å²) in [4.78, 5) is 17.1. The van der Waals surface area contributed by atoms with E-state index in [1.165, 1.54) is 18.3 Å². The van der Waals surface area contributed by atoms with Crippen molar-refractivity contribution in [2.24, 2.45) is 5.10 Å². The van der Waals surface area contributed by atoms with Crippen molar-refractivity contribution < 1.29 is 17.9 Å². The van der Waals surface area contributed by atoms with Gasteiger partial charge in [0.1, 0.15) is 17.4 Å². The summed E-state index contributed by atoms with van der Waals surface area (Å²) in [5, 5.41) is 5.07. The first kappa shape index (κ1) is 26.1. The van der Waals surface area contributed by atoms with Gasteiger partial charge in [0.25, 0.3) is 15.9 Å². The number of para-hydroxylation sites is 1. The number of pyridine rings is 1. The number of sulfonamides is 1. The number of fused-ring (bicyclic) bond motifs is 1. The smallest absolute Gasteiger partial charge is 0.264 e. The van der Waals surface area contributed by atoms with Crippen LogP contribution in [0.5, 0.6) is 5.75 Å². The summed E-state index contributed by atoms with van der Waals surface area (Å²) < 4.78 is 33.5. The quantitative estimate of drug-likeness (QED) is 0.185. The monoisotopic (exact) mass is 536 g/mol. The lowest BCUT2D eigenvalue weighted by molar-refractivity contribution is -0.119. The summed E-state index contributed by atoms with van der Waals surface area (Å²) >= 11 is 6.24. The number of nitrogens with zero attached hydrogens (tertiary/aromatic N) is 3. The van der Waals surface area contributed by atoms with Crippen LogP contribution in [0.2, 0.25) is 5.15 Å². The Labute approximate surface area is 220 Å². The van der Waals surface area contributed by atoms with E-state index in [9.17, 15) is 13.2 Å². The standard InChI is InChI=1S/C27H25ClN4O4S/c1-3-36-23-12-14-24(15-13-23)37(34,35)32(22-10-8-19(2)9-11-22)18-26(33)31-29-17-21-16-20-6-4-5-7-25(20)30-27(21)28/h4-17H,3,18H2,1-2H3,(H,31,33)/b29-17-. The fourth-order valence-electron chi connectivity index (χ4n) is 3.57. The van der Waals surface area contributed by atoms with Crippen molar-refractivity contribution >= 4 is 50.3 Å². The average Bonchev–Trinajstić information content (AvgIpc) is 2.88. The molecular formula is C27H25ClN4O4S. The molecule has 1 N–H and O–H groups in total. The molecule has 1 heterocycles. The van der Waals surface area contributed by atoms with Crippen molar-refractivity contribution in [1.82, 2.24) is 10.4 Å². The number of rotatable bonds is 9. The summed E-state index contributed by atoms with van der Waals surface area (Å²) in [7, 11) is -4.07. The Balaban J connectivity index is 1.55. The lowest BCUT2D eigenvalue weighted by atomic mass is 10.2. The predicted octanol–water partition coefficient (Wildman–Crippen LogP) is 4.94. The molecule has 4 aromatic rings. The number of halogens is 1. The molecular weight excluding hydrogens is 512 g/mol. The van der Waals surface area contributed by atoms with Crippen LogP contribution < -0.4 is 14.5 Å². The van der Waals surface area contributed by atoms with Gasteiger partial charge >= 0.3 is 0 Å². The molecule has 0 spiro atoms. The highest BCUT2D eigenvalue weighted by Gasteiger charge is 2.27. The second kappa shape index (κ2) is 11.4. The number of amides is 1. The molecule has 0 aliphatic rings. The van der Waals surface area contributed by atoms with Crippen molar-refractivity contribution in [1.29, 1.82) is 0 Å². The zero-order valence-electron chi connectivity index (χ0n) is 20.3. The molecule has 190 valence electrons. The fraction of sp³-hybridized carbons (Fsp3) is 0.148. The number of aromatic nitrogens is 1. The van der Waals surface area contributed by atoms with E-state index in [4.69, 9.17) is 16.3 Å². The van der Waals surface area contributed by atoms with Gasteiger partial charge in [-0.1, -0.05) is 47.5 Å². The first-order chi connectivity index (χ1) is 17.8. The normalized spacial score (nSPS) is 11.5. The summed E-state index contributed by atoms with van der Waals surface area (Å²) in [5.74, 6) is -0.0755. The molecule has 0 aliphatic carbocycles. The van der Waals surface area contributed by atoms with Gasteiger partial charge in [0.05, 0.1) is 28.9 Å². The van der Waals surface area contributed by atoms with Crippen molar-refractivity contribution in [2.75, 3.05) is 17.5 Å². The number of nitrogens with one attached hydrogen (secondary N) is 1. The number of hydrazone groups is 1. The molecule has 37 heavy (non-hydrogen) atoms. The van der Waals surface area contributed by atoms with Crippen molar-refractivity contribution in [3.05, 3.63) is 95.1 Å². The maximum Gasteiger partial charge on any atom is 0.264 e. The number of carbonyl (C=O) groups is 1. The van der Waals surface area contributed by atoms with Crippen LogP contribution in [0.1, 0.15) is 18.1 Å². The first-order valence-electron chi connectivity index (χ1n) is 11.5. The number of ether oxygens (including phenoxy) is 1. The molecule has 0 bridgehead atoms. The second-order valence-electron chi connectivity index (χ2n) is 8.11. The minimum absolute atomic E-state index is 0.0295. The van der Waals surface area contributed by atoms with E-state index in [0.717, 1.165) is 20.8 Å². The van der Waals surface area contributed by atoms with Gasteiger partial charge in [0, 0.05) is 10.9 Å². The van der Waals surface area contributed by atoms with E-state index in [2.05, 4.69) is 15.5 Å². The summed E-state index contributed by atoms with van der Waals surface area (Å²) in [6.45, 7) is 3.71. The number of aryl methyl sites for hydroxylation is 1. The third kappa shape index (κ3) is 6.25. The van der Waals surface area contributed by atoms with Crippen LogP contribution in [0, 0.1) is 6.92 Å².